The van der Waals surface area contributed by atoms with Gasteiger partial charge in [0.2, 0.25) is 5.91 Å². The van der Waals surface area contributed by atoms with E-state index in [0.29, 0.717) is 19.6 Å². The minimum absolute atomic E-state index is 0.0352. The van der Waals surface area contributed by atoms with Crippen LogP contribution in [0.15, 0.2) is 0 Å². The second-order valence-electron chi connectivity index (χ2n) is 6.39. The van der Waals surface area contributed by atoms with Crippen molar-refractivity contribution in [1.29, 1.82) is 0 Å². The highest BCUT2D eigenvalue weighted by molar-refractivity contribution is 5.84. The van der Waals surface area contributed by atoms with Gasteiger partial charge < -0.3 is 14.7 Å². The van der Waals surface area contributed by atoms with Crippen LogP contribution in [-0.2, 0) is 14.3 Å². The molecule has 1 aliphatic heterocycles. The van der Waals surface area contributed by atoms with Crippen LogP contribution in [-0.4, -0.2) is 47.7 Å². The first kappa shape index (κ1) is 18.0. The highest BCUT2D eigenvalue weighted by Crippen LogP contribution is 2.35. The molecule has 1 amide bonds. The number of hydrogen-bond acceptors (Lipinski definition) is 4. The predicted molar refractivity (Wildman–Crippen MR) is 80.7 cm³/mol. The Balaban J connectivity index is 2.20. The maximum absolute atomic E-state index is 12.2. The molecule has 0 saturated carbocycles. The smallest absolute Gasteiger partial charge is 0.305 e. The SMILES string of the molecule is CCOC(=O)CCCCCCN1C(=O)C(C)(C)CC1CO. The van der Waals surface area contributed by atoms with E-state index in [4.69, 9.17) is 4.74 Å². The van der Waals surface area contributed by atoms with Crippen LogP contribution in [0, 0.1) is 5.41 Å². The topological polar surface area (TPSA) is 66.8 Å². The van der Waals surface area contributed by atoms with Crippen molar-refractivity contribution in [3.05, 3.63) is 0 Å². The molecule has 0 aromatic carbocycles. The first-order chi connectivity index (χ1) is 9.92. The molecule has 1 atom stereocenters. The van der Waals surface area contributed by atoms with E-state index in [1.807, 2.05) is 25.7 Å². The number of amides is 1. The van der Waals surface area contributed by atoms with Crippen molar-refractivity contribution < 1.29 is 19.4 Å². The maximum atomic E-state index is 12.2. The van der Waals surface area contributed by atoms with E-state index in [0.717, 1.165) is 32.1 Å². The van der Waals surface area contributed by atoms with Gasteiger partial charge in [0.25, 0.3) is 0 Å². The lowest BCUT2D eigenvalue weighted by atomic mass is 9.90. The van der Waals surface area contributed by atoms with Gasteiger partial charge in [-0.15, -0.1) is 0 Å². The Hall–Kier alpha value is -1.10. The van der Waals surface area contributed by atoms with Crippen molar-refractivity contribution in [2.75, 3.05) is 19.8 Å². The normalized spacial score (nSPS) is 20.9. The van der Waals surface area contributed by atoms with Crippen LogP contribution in [0.3, 0.4) is 0 Å². The largest absolute Gasteiger partial charge is 0.466 e. The first-order valence-corrected chi connectivity index (χ1v) is 8.00. The fourth-order valence-electron chi connectivity index (χ4n) is 2.93. The molecule has 1 aliphatic rings. The molecule has 21 heavy (non-hydrogen) atoms. The lowest BCUT2D eigenvalue weighted by Crippen LogP contribution is -2.37. The maximum Gasteiger partial charge on any atom is 0.305 e. The summed E-state index contributed by atoms with van der Waals surface area (Å²) >= 11 is 0. The minimum Gasteiger partial charge on any atom is -0.466 e. The molecule has 1 heterocycles. The minimum atomic E-state index is -0.350. The standard InChI is InChI=1S/C16H29NO4/c1-4-21-14(19)9-7-5-6-8-10-17-13(12-18)11-16(2,3)15(17)20/h13,18H,4-12H2,1-3H3. The Morgan fingerprint density at radius 2 is 2.00 bits per heavy atom. The van der Waals surface area contributed by atoms with Crippen LogP contribution in [0.2, 0.25) is 0 Å². The highest BCUT2D eigenvalue weighted by Gasteiger charge is 2.44. The van der Waals surface area contributed by atoms with E-state index in [-0.39, 0.29) is 29.9 Å². The number of carbonyl (C=O) groups is 2. The molecule has 0 aromatic rings. The Morgan fingerprint density at radius 3 is 2.62 bits per heavy atom. The summed E-state index contributed by atoms with van der Waals surface area (Å²) < 4.78 is 4.88. The second-order valence-corrected chi connectivity index (χ2v) is 6.39. The van der Waals surface area contributed by atoms with Crippen molar-refractivity contribution in [3.8, 4) is 0 Å². The Kier molecular flexibility index (Phi) is 7.15. The van der Waals surface area contributed by atoms with E-state index < -0.39 is 0 Å². The molecule has 1 unspecified atom stereocenters. The number of likely N-dealkylation sites (tertiary alicyclic amines) is 1. The summed E-state index contributed by atoms with van der Waals surface area (Å²) in [6, 6.07) is -0.0352. The van der Waals surface area contributed by atoms with Crippen LogP contribution in [0.1, 0.15) is 59.3 Å². The second kappa shape index (κ2) is 8.37. The number of aliphatic hydroxyl groups is 1. The van der Waals surface area contributed by atoms with Crippen molar-refractivity contribution in [3.63, 3.8) is 0 Å². The third-order valence-electron chi connectivity index (χ3n) is 4.07. The van der Waals surface area contributed by atoms with Crippen molar-refractivity contribution >= 4 is 11.9 Å². The molecule has 0 aromatic heterocycles. The molecule has 122 valence electrons. The van der Waals surface area contributed by atoms with Gasteiger partial charge in [0, 0.05) is 18.4 Å². The number of esters is 1. The van der Waals surface area contributed by atoms with E-state index in [1.165, 1.54) is 0 Å². The summed E-state index contributed by atoms with van der Waals surface area (Å²) in [5, 5.41) is 9.39. The van der Waals surface area contributed by atoms with Crippen molar-refractivity contribution in [1.82, 2.24) is 4.90 Å². The van der Waals surface area contributed by atoms with Crippen LogP contribution in [0.4, 0.5) is 0 Å². The fraction of sp³-hybridized carbons (Fsp3) is 0.875. The van der Waals surface area contributed by atoms with Gasteiger partial charge in [0.15, 0.2) is 0 Å². The molecule has 5 nitrogen and oxygen atoms in total. The third-order valence-corrected chi connectivity index (χ3v) is 4.07. The Labute approximate surface area is 127 Å². The molecule has 1 N–H and O–H groups in total. The quantitative estimate of drug-likeness (QED) is 0.523. The van der Waals surface area contributed by atoms with Crippen LogP contribution in [0.5, 0.6) is 0 Å². The van der Waals surface area contributed by atoms with E-state index in [1.54, 1.807) is 0 Å². The van der Waals surface area contributed by atoms with E-state index in [9.17, 15) is 14.7 Å². The number of aliphatic hydroxyl groups excluding tert-OH is 1. The van der Waals surface area contributed by atoms with Gasteiger partial charge in [-0.3, -0.25) is 9.59 Å². The molecule has 0 bridgehead atoms. The molecular formula is C16H29NO4. The molecule has 0 aliphatic carbocycles. The van der Waals surface area contributed by atoms with Crippen LogP contribution >= 0.6 is 0 Å². The summed E-state index contributed by atoms with van der Waals surface area (Å²) in [4.78, 5) is 25.2. The Bertz CT molecular complexity index is 354. The van der Waals surface area contributed by atoms with Gasteiger partial charge in [-0.05, 0) is 26.2 Å². The van der Waals surface area contributed by atoms with Gasteiger partial charge in [-0.1, -0.05) is 26.7 Å². The fourth-order valence-corrected chi connectivity index (χ4v) is 2.93. The summed E-state index contributed by atoms with van der Waals surface area (Å²) in [6.45, 7) is 6.87. The Morgan fingerprint density at radius 1 is 1.33 bits per heavy atom. The summed E-state index contributed by atoms with van der Waals surface area (Å²) in [7, 11) is 0. The number of unbranched alkanes of at least 4 members (excludes halogenated alkanes) is 3. The van der Waals surface area contributed by atoms with Crippen LogP contribution < -0.4 is 0 Å². The zero-order valence-electron chi connectivity index (χ0n) is 13.6. The molecule has 1 rings (SSSR count). The summed E-state index contributed by atoms with van der Waals surface area (Å²) in [5.74, 6) is 0.0161. The number of rotatable bonds is 9. The first-order valence-electron chi connectivity index (χ1n) is 8.00. The zero-order chi connectivity index (χ0) is 15.9. The lowest BCUT2D eigenvalue weighted by Gasteiger charge is -2.23. The molecular weight excluding hydrogens is 270 g/mol. The summed E-state index contributed by atoms with van der Waals surface area (Å²) in [5.41, 5.74) is -0.350. The number of nitrogens with zero attached hydrogens (tertiary/aromatic N) is 1. The molecule has 0 spiro atoms. The lowest BCUT2D eigenvalue weighted by molar-refractivity contribution is -0.143. The molecule has 1 saturated heterocycles. The number of ether oxygens (including phenoxy) is 1. The highest BCUT2D eigenvalue weighted by atomic mass is 16.5. The monoisotopic (exact) mass is 299 g/mol. The van der Waals surface area contributed by atoms with E-state index >= 15 is 0 Å². The van der Waals surface area contributed by atoms with Gasteiger partial charge in [0.05, 0.1) is 19.3 Å². The predicted octanol–water partition coefficient (Wildman–Crippen LogP) is 2.12. The number of carbonyl (C=O) groups excluding carboxylic acids is 2. The molecule has 1 fully saturated rings. The third kappa shape index (κ3) is 5.30. The molecule has 5 heteroatoms. The van der Waals surface area contributed by atoms with Crippen molar-refractivity contribution in [2.45, 2.75) is 65.3 Å². The van der Waals surface area contributed by atoms with Crippen LogP contribution in [0.25, 0.3) is 0 Å². The average Bonchev–Trinajstić information content (AvgIpc) is 2.65. The zero-order valence-corrected chi connectivity index (χ0v) is 13.6. The van der Waals surface area contributed by atoms with Gasteiger partial charge in [-0.2, -0.15) is 0 Å². The van der Waals surface area contributed by atoms with Gasteiger partial charge in [-0.25, -0.2) is 0 Å². The molecule has 0 radical (unpaired) electrons. The van der Waals surface area contributed by atoms with Crippen molar-refractivity contribution in [2.24, 2.45) is 5.41 Å². The van der Waals surface area contributed by atoms with E-state index in [2.05, 4.69) is 0 Å². The summed E-state index contributed by atoms with van der Waals surface area (Å²) in [6.07, 6.45) is 4.91. The average molecular weight is 299 g/mol. The van der Waals surface area contributed by atoms with Gasteiger partial charge in [0.1, 0.15) is 0 Å². The number of hydrogen-bond donors (Lipinski definition) is 1. The van der Waals surface area contributed by atoms with Gasteiger partial charge >= 0.3 is 5.97 Å².